The van der Waals surface area contributed by atoms with Crippen molar-refractivity contribution in [3.8, 4) is 39.1 Å². The zero-order chi connectivity index (χ0) is 44.7. The average molecular weight is 869 g/mol. The molecule has 0 atom stereocenters. The highest BCUT2D eigenvalue weighted by molar-refractivity contribution is 6.15. The van der Waals surface area contributed by atoms with Crippen molar-refractivity contribution >= 4 is 93.5 Å². The molecule has 0 amide bonds. The Kier molecular flexibility index (Phi) is 8.55. The van der Waals surface area contributed by atoms with Gasteiger partial charge in [-0.2, -0.15) is 0 Å². The number of hydrogen-bond acceptors (Lipinski definition) is 3. The number of furan rings is 2. The van der Waals surface area contributed by atoms with Crippen molar-refractivity contribution < 1.29 is 8.83 Å². The highest BCUT2D eigenvalue weighted by Gasteiger charge is 2.23. The second-order valence-electron chi connectivity index (χ2n) is 17.6. The van der Waals surface area contributed by atoms with Crippen LogP contribution in [0.1, 0.15) is 0 Å². The summed E-state index contributed by atoms with van der Waals surface area (Å²) in [5.74, 6) is 0. The van der Waals surface area contributed by atoms with Gasteiger partial charge in [-0.3, -0.25) is 0 Å². The van der Waals surface area contributed by atoms with Crippen molar-refractivity contribution in [1.29, 1.82) is 0 Å². The summed E-state index contributed by atoms with van der Waals surface area (Å²) in [5, 5.41) is 9.23. The van der Waals surface area contributed by atoms with Crippen molar-refractivity contribution in [2.24, 2.45) is 0 Å². The maximum Gasteiger partial charge on any atom is 0.143 e. The summed E-state index contributed by atoms with van der Waals surface area (Å²) >= 11 is 0. The van der Waals surface area contributed by atoms with E-state index >= 15 is 0 Å². The van der Waals surface area contributed by atoms with E-state index in [-0.39, 0.29) is 0 Å². The van der Waals surface area contributed by atoms with Crippen molar-refractivity contribution in [3.05, 3.63) is 243 Å². The monoisotopic (exact) mass is 868 g/mol. The van der Waals surface area contributed by atoms with Crippen LogP contribution in [-0.4, -0.2) is 4.57 Å². The lowest BCUT2D eigenvalue weighted by atomic mass is 9.97. The molecule has 14 aromatic rings. The maximum absolute atomic E-state index is 6.94. The lowest BCUT2D eigenvalue weighted by molar-refractivity contribution is 0.669. The molecule has 4 heteroatoms. The van der Waals surface area contributed by atoms with Crippen LogP contribution in [0.2, 0.25) is 0 Å². The normalized spacial score (nSPS) is 11.8. The van der Waals surface area contributed by atoms with E-state index in [9.17, 15) is 0 Å². The van der Waals surface area contributed by atoms with Crippen LogP contribution in [0.5, 0.6) is 0 Å². The summed E-state index contributed by atoms with van der Waals surface area (Å²) in [6.45, 7) is 0. The molecule has 3 heterocycles. The van der Waals surface area contributed by atoms with Gasteiger partial charge in [0.2, 0.25) is 0 Å². The molecule has 0 saturated carbocycles. The standard InChI is InChI=1S/C64H40N2O2/c1-2-16-43-37-44(32-31-41(43)15-1)42-33-35-46(36-34-42)65(47-18-13-17-45(38-47)49-24-14-30-62-63(49)54-23-7-12-29-61(54)67-62)48-39-55(64-56(40-48)53-22-6-11-28-60(53)68-64)52-21-5-10-27-59(52)66-57-25-8-3-19-50(57)51-20-4-9-26-58(51)66/h1-40H. The Morgan fingerprint density at radius 3 is 1.74 bits per heavy atom. The lowest BCUT2D eigenvalue weighted by Gasteiger charge is -2.27. The summed E-state index contributed by atoms with van der Waals surface area (Å²) < 4.78 is 15.7. The zero-order valence-corrected chi connectivity index (χ0v) is 36.8. The van der Waals surface area contributed by atoms with Crippen LogP contribution in [0.3, 0.4) is 0 Å². The van der Waals surface area contributed by atoms with Gasteiger partial charge in [-0.15, -0.1) is 0 Å². The van der Waals surface area contributed by atoms with E-state index < -0.39 is 0 Å². The van der Waals surface area contributed by atoms with Crippen molar-refractivity contribution in [3.63, 3.8) is 0 Å². The Labute approximate surface area is 391 Å². The molecular formula is C64H40N2O2. The first-order valence-corrected chi connectivity index (χ1v) is 23.2. The van der Waals surface area contributed by atoms with Gasteiger partial charge in [-0.1, -0.05) is 164 Å². The Morgan fingerprint density at radius 2 is 0.926 bits per heavy atom. The molecule has 0 unspecified atom stereocenters. The predicted octanol–water partition coefficient (Wildman–Crippen LogP) is 18.2. The molecule has 14 rings (SSSR count). The summed E-state index contributed by atoms with van der Waals surface area (Å²) in [5.41, 5.74) is 16.6. The summed E-state index contributed by atoms with van der Waals surface area (Å²) in [4.78, 5) is 2.40. The minimum absolute atomic E-state index is 0.849. The first-order valence-electron chi connectivity index (χ1n) is 23.2. The predicted molar refractivity (Wildman–Crippen MR) is 284 cm³/mol. The highest BCUT2D eigenvalue weighted by atomic mass is 16.3. The molecule has 0 radical (unpaired) electrons. The van der Waals surface area contributed by atoms with Crippen LogP contribution in [0, 0.1) is 0 Å². The molecule has 11 aromatic carbocycles. The Morgan fingerprint density at radius 1 is 0.309 bits per heavy atom. The molecule has 3 aromatic heterocycles. The van der Waals surface area contributed by atoms with Crippen molar-refractivity contribution in [1.82, 2.24) is 4.57 Å². The largest absolute Gasteiger partial charge is 0.456 e. The van der Waals surface area contributed by atoms with Gasteiger partial charge in [0, 0.05) is 60.5 Å². The van der Waals surface area contributed by atoms with Crippen LogP contribution in [0.25, 0.3) is 116 Å². The number of nitrogens with zero attached hydrogens (tertiary/aromatic N) is 2. The fraction of sp³-hybridized carbons (Fsp3) is 0. The molecular weight excluding hydrogens is 829 g/mol. The molecule has 0 aliphatic rings. The summed E-state index contributed by atoms with van der Waals surface area (Å²) in [7, 11) is 0. The Bertz CT molecular complexity index is 4230. The second kappa shape index (κ2) is 15.2. The van der Waals surface area contributed by atoms with Gasteiger partial charge in [-0.05, 0) is 112 Å². The first-order chi connectivity index (χ1) is 33.7. The molecule has 318 valence electrons. The molecule has 0 spiro atoms. The molecule has 0 N–H and O–H groups in total. The smallest absolute Gasteiger partial charge is 0.143 e. The van der Waals surface area contributed by atoms with E-state index in [0.717, 1.165) is 105 Å². The first kappa shape index (κ1) is 38.2. The number of fused-ring (bicyclic) bond motifs is 10. The molecule has 0 bridgehead atoms. The minimum Gasteiger partial charge on any atom is -0.456 e. The van der Waals surface area contributed by atoms with Crippen molar-refractivity contribution in [2.75, 3.05) is 4.90 Å². The van der Waals surface area contributed by atoms with Gasteiger partial charge in [0.15, 0.2) is 0 Å². The van der Waals surface area contributed by atoms with Crippen LogP contribution in [-0.2, 0) is 0 Å². The van der Waals surface area contributed by atoms with E-state index in [1.165, 1.54) is 27.1 Å². The summed E-state index contributed by atoms with van der Waals surface area (Å²) in [6.07, 6.45) is 0. The third kappa shape index (κ3) is 6.01. The van der Waals surface area contributed by atoms with Gasteiger partial charge in [0.1, 0.15) is 22.3 Å². The quantitative estimate of drug-likeness (QED) is 0.160. The zero-order valence-electron chi connectivity index (χ0n) is 36.8. The van der Waals surface area contributed by atoms with E-state index in [1.807, 2.05) is 12.1 Å². The van der Waals surface area contributed by atoms with Crippen molar-refractivity contribution in [2.45, 2.75) is 0 Å². The Balaban J connectivity index is 1.01. The molecule has 0 aliphatic carbocycles. The lowest BCUT2D eigenvalue weighted by Crippen LogP contribution is -2.10. The van der Waals surface area contributed by atoms with E-state index in [1.54, 1.807) is 0 Å². The van der Waals surface area contributed by atoms with Gasteiger partial charge in [-0.25, -0.2) is 0 Å². The van der Waals surface area contributed by atoms with E-state index in [2.05, 4.69) is 240 Å². The fourth-order valence-corrected chi connectivity index (χ4v) is 10.7. The molecule has 68 heavy (non-hydrogen) atoms. The van der Waals surface area contributed by atoms with Crippen LogP contribution >= 0.6 is 0 Å². The van der Waals surface area contributed by atoms with Gasteiger partial charge in [0.25, 0.3) is 0 Å². The molecule has 4 nitrogen and oxygen atoms in total. The molecule has 0 aliphatic heterocycles. The highest BCUT2D eigenvalue weighted by Crippen LogP contribution is 2.47. The topological polar surface area (TPSA) is 34.5 Å². The van der Waals surface area contributed by atoms with E-state index in [0.29, 0.717) is 0 Å². The average Bonchev–Trinajstić information content (AvgIpc) is 4.09. The van der Waals surface area contributed by atoms with Gasteiger partial charge >= 0.3 is 0 Å². The van der Waals surface area contributed by atoms with Gasteiger partial charge in [0.05, 0.1) is 16.7 Å². The minimum atomic E-state index is 0.849. The third-order valence-corrected chi connectivity index (χ3v) is 13.8. The summed E-state index contributed by atoms with van der Waals surface area (Å²) in [6, 6.07) is 87.1. The van der Waals surface area contributed by atoms with Gasteiger partial charge < -0.3 is 18.3 Å². The fourth-order valence-electron chi connectivity index (χ4n) is 10.7. The number of rotatable bonds is 7. The molecule has 0 fully saturated rings. The third-order valence-electron chi connectivity index (χ3n) is 13.8. The van der Waals surface area contributed by atoms with Crippen LogP contribution in [0.4, 0.5) is 17.1 Å². The number of hydrogen-bond donors (Lipinski definition) is 0. The number of anilines is 3. The SMILES string of the molecule is c1cc(-c2cccc3oc4ccccc4c23)cc(N(c2ccc(-c3ccc4ccccc4c3)cc2)c2cc(-c3ccccc3-n3c4ccccc4c4ccccc43)c3oc4ccccc4c3c2)c1. The number of para-hydroxylation sites is 5. The Hall–Kier alpha value is -9.12. The van der Waals surface area contributed by atoms with Crippen LogP contribution < -0.4 is 4.90 Å². The number of aromatic nitrogens is 1. The maximum atomic E-state index is 6.94. The number of benzene rings is 11. The van der Waals surface area contributed by atoms with E-state index in [4.69, 9.17) is 8.83 Å². The van der Waals surface area contributed by atoms with Crippen LogP contribution in [0.15, 0.2) is 251 Å². The molecule has 0 saturated heterocycles. The second-order valence-corrected chi connectivity index (χ2v) is 17.6.